The van der Waals surface area contributed by atoms with Gasteiger partial charge in [0, 0.05) is 143 Å². The zero-order valence-electron chi connectivity index (χ0n) is 50.4. The Morgan fingerprint density at radius 3 is 2.23 bits per heavy atom. The summed E-state index contributed by atoms with van der Waals surface area (Å²) >= 11 is 0. The Labute approximate surface area is 513 Å². The van der Waals surface area contributed by atoms with Crippen LogP contribution in [0.3, 0.4) is 0 Å². The molecule has 6 heterocycles. The number of rotatable bonds is 14. The number of allylic oxidation sites excluding steroid dienone is 2. The van der Waals surface area contributed by atoms with Gasteiger partial charge in [0.05, 0.1) is 60.0 Å². The molecule has 1 saturated heterocycles. The lowest BCUT2D eigenvalue weighted by Crippen LogP contribution is -2.47. The number of hydrazone groups is 1. The van der Waals surface area contributed by atoms with E-state index in [-0.39, 0.29) is 78.6 Å². The SMILES string of the molecule is COC1C=COC2(C)Oc3c(C)c(OP)c4c(=O)c(c5oc6cc(N7CCN(CC(C)C)CC7)cc(OP)c6nc-5c4c3C2=O)NC(=O)C(COC(=O)C(C)=NNC(=O)c2ccncc2)=CC=CC(C)C(OP)C(C)C(OP)C(C)C(OC(C)=O)C1C. The smallest absolute Gasteiger partial charge is 0.354 e. The normalized spacial score (nSPS) is 24.3. The van der Waals surface area contributed by atoms with E-state index < -0.39 is 101 Å². The lowest BCUT2D eigenvalue weighted by atomic mass is 9.78. The monoisotopic (exact) mass is 1270 g/mol. The molecule has 1 fully saturated rings. The molecular formula is C60H75N7O16P4. The molecule has 87 heavy (non-hydrogen) atoms. The van der Waals surface area contributed by atoms with Crippen molar-refractivity contribution in [3.63, 3.8) is 0 Å². The van der Waals surface area contributed by atoms with Gasteiger partial charge in [-0.15, -0.1) is 0 Å². The Morgan fingerprint density at radius 1 is 0.908 bits per heavy atom. The van der Waals surface area contributed by atoms with Gasteiger partial charge in [0.25, 0.3) is 17.6 Å². The van der Waals surface area contributed by atoms with Crippen molar-refractivity contribution in [1.82, 2.24) is 20.3 Å². The molecule has 5 bridgehead atoms. The van der Waals surface area contributed by atoms with Crippen molar-refractivity contribution in [3.8, 4) is 28.7 Å². The number of aromatic nitrogens is 2. The number of ether oxygens (including phenoxy) is 5. The summed E-state index contributed by atoms with van der Waals surface area (Å²) in [6.45, 7) is 20.8. The fourth-order valence-electron chi connectivity index (χ4n) is 11.5. The van der Waals surface area contributed by atoms with Crippen molar-refractivity contribution in [2.24, 2.45) is 34.7 Å². The Balaban J connectivity index is 1.34. The molecule has 23 nitrogen and oxygen atoms in total. The average molecular weight is 1270 g/mol. The number of nitrogens with one attached hydrogen (secondary N) is 2. The van der Waals surface area contributed by atoms with Crippen LogP contribution in [0.2, 0.25) is 0 Å². The molecule has 2 N–H and O–H groups in total. The summed E-state index contributed by atoms with van der Waals surface area (Å²) in [6, 6.07) is 6.54. The fraction of sp³-hybridized carbons (Fsp3) is 0.450. The number of esters is 2. The number of Topliss-reactive ketones (excluding diaryl/α,β-unsaturated/α-hetero) is 1. The zero-order chi connectivity index (χ0) is 63.2. The number of fused-ring (bicyclic) bond motifs is 14. The molecule has 6 aliphatic rings. The largest absolute Gasteiger partial charge is 0.479 e. The van der Waals surface area contributed by atoms with Crippen molar-refractivity contribution in [3.05, 3.63) is 99.7 Å². The van der Waals surface area contributed by atoms with Gasteiger partial charge in [-0.1, -0.05) is 59.8 Å². The predicted molar refractivity (Wildman–Crippen MR) is 341 cm³/mol. The molecule has 1 aliphatic carbocycles. The van der Waals surface area contributed by atoms with Crippen LogP contribution >= 0.6 is 37.9 Å². The second-order valence-electron chi connectivity index (χ2n) is 22.4. The van der Waals surface area contributed by atoms with E-state index in [1.54, 1.807) is 31.2 Å². The fourth-order valence-corrected chi connectivity index (χ4v) is 13.0. The first-order valence-electron chi connectivity index (χ1n) is 28.3. The van der Waals surface area contributed by atoms with Gasteiger partial charge in [0.15, 0.2) is 17.1 Å². The maximum Gasteiger partial charge on any atom is 0.354 e. The lowest BCUT2D eigenvalue weighted by molar-refractivity contribution is -0.159. The van der Waals surface area contributed by atoms with Gasteiger partial charge in [-0.3, -0.25) is 33.9 Å². The van der Waals surface area contributed by atoms with Crippen LogP contribution in [0.15, 0.2) is 87.1 Å². The third kappa shape index (κ3) is 14.2. The van der Waals surface area contributed by atoms with Crippen LogP contribution in [0.4, 0.5) is 11.4 Å². The summed E-state index contributed by atoms with van der Waals surface area (Å²) in [7, 11) is 10.5. The first kappa shape index (κ1) is 66.4. The van der Waals surface area contributed by atoms with Crippen molar-refractivity contribution >= 4 is 106 Å². The van der Waals surface area contributed by atoms with E-state index >= 15 is 14.4 Å². The Bertz CT molecular complexity index is 3580. The number of benzene rings is 3. The van der Waals surface area contributed by atoms with Crippen LogP contribution in [0.1, 0.15) is 88.6 Å². The van der Waals surface area contributed by atoms with Crippen LogP contribution in [-0.2, 0) is 42.4 Å². The highest BCUT2D eigenvalue weighted by Crippen LogP contribution is 2.52. The Hall–Kier alpha value is -6.53. The van der Waals surface area contributed by atoms with Crippen molar-refractivity contribution in [1.29, 1.82) is 0 Å². The number of hydrogen-bond donors (Lipinski definition) is 2. The summed E-state index contributed by atoms with van der Waals surface area (Å²) < 4.78 is 61.4. The summed E-state index contributed by atoms with van der Waals surface area (Å²) in [4.78, 5) is 99.2. The van der Waals surface area contributed by atoms with E-state index in [9.17, 15) is 14.4 Å². The van der Waals surface area contributed by atoms with Crippen LogP contribution in [0.25, 0.3) is 33.3 Å². The molecule has 0 radical (unpaired) electrons. The standard InChI is InChI=1S/C60H75N7O16P4/c1-29(2)27-66-20-22-67(23-21-66)39-25-41-46(42(26-39)80-84)62-47-43-44-49(69)48(55(47)78-41)63-57(71)38(28-75-59(73)35(8)64-65-58(72)37-15-18-61-19-16-37)14-12-13-30(3)50(81-85)32(5)52(82-86)33(6)51(77-36(9)68)31(4)40(74-11)17-24-76-60(10)56(70)45(43)53(79-60)34(7)54(44)83-87/h12-19,24-26,29-33,40,50-52H,20-23,27-28,84-87H2,1-11H3,(H,63,71)(H,65,72). The van der Waals surface area contributed by atoms with Gasteiger partial charge in [-0.2, -0.15) is 5.10 Å². The highest BCUT2D eigenvalue weighted by molar-refractivity contribution is 7.10. The maximum atomic E-state index is 15.7. The zero-order valence-corrected chi connectivity index (χ0v) is 55.0. The molecule has 13 atom stereocenters. The average Bonchev–Trinajstić information content (AvgIpc) is 1.69. The number of carbonyl (C=O) groups is 5. The van der Waals surface area contributed by atoms with E-state index in [0.717, 1.165) is 25.3 Å². The number of ketones is 1. The maximum absolute atomic E-state index is 15.7. The van der Waals surface area contributed by atoms with Crippen LogP contribution in [0.5, 0.6) is 17.2 Å². The van der Waals surface area contributed by atoms with E-state index in [4.69, 9.17) is 51.2 Å². The summed E-state index contributed by atoms with van der Waals surface area (Å²) in [6.07, 6.45) is 7.64. The topological polar surface area (TPSA) is 267 Å². The van der Waals surface area contributed by atoms with Crippen LogP contribution in [0, 0.1) is 36.5 Å². The van der Waals surface area contributed by atoms with E-state index in [1.165, 1.54) is 64.7 Å². The third-order valence-electron chi connectivity index (χ3n) is 16.0. The molecule has 2 amide bonds. The third-order valence-corrected chi connectivity index (χ3v) is 17.1. The van der Waals surface area contributed by atoms with Gasteiger partial charge < -0.3 is 56.4 Å². The Kier molecular flexibility index (Phi) is 21.9. The minimum atomic E-state index is -2.08. The first-order chi connectivity index (χ1) is 41.5. The first-order valence-corrected chi connectivity index (χ1v) is 30.1. The number of amides is 2. The molecular weight excluding hydrogens is 1200 g/mol. The number of hydrogen-bond acceptors (Lipinski definition) is 21. The van der Waals surface area contributed by atoms with Crippen LogP contribution in [-0.4, -0.2) is 127 Å². The second-order valence-corrected chi connectivity index (χ2v) is 23.4. The molecule has 13 unspecified atom stereocenters. The number of anilines is 2. The summed E-state index contributed by atoms with van der Waals surface area (Å²) in [5.74, 6) is -7.31. The number of piperazine rings is 1. The molecule has 2 aromatic carbocycles. The van der Waals surface area contributed by atoms with Gasteiger partial charge in [0.1, 0.15) is 46.8 Å². The number of nitrogens with zero attached hydrogens (tertiary/aromatic N) is 5. The highest BCUT2D eigenvalue weighted by atomic mass is 31.0. The summed E-state index contributed by atoms with van der Waals surface area (Å²) in [5, 5.41) is 6.48. The molecule has 1 aromatic heterocycles. The van der Waals surface area contributed by atoms with Gasteiger partial charge >= 0.3 is 17.7 Å². The number of methoxy groups -OCH3 is 1. The van der Waals surface area contributed by atoms with Crippen molar-refractivity contribution in [2.75, 3.05) is 56.7 Å². The lowest BCUT2D eigenvalue weighted by Gasteiger charge is -2.40. The number of carbonyl (C=O) groups excluding carboxylic acids is 5. The van der Waals surface area contributed by atoms with Gasteiger partial charge in [-0.05, 0) is 38.0 Å². The predicted octanol–water partition coefficient (Wildman–Crippen LogP) is 8.71. The van der Waals surface area contributed by atoms with Crippen LogP contribution < -0.4 is 34.9 Å². The molecule has 5 aliphatic heterocycles. The molecule has 466 valence electrons. The Morgan fingerprint density at radius 2 is 1.60 bits per heavy atom. The van der Waals surface area contributed by atoms with E-state index in [1.807, 2.05) is 33.8 Å². The summed E-state index contributed by atoms with van der Waals surface area (Å²) in [5.41, 5.74) is 1.97. The minimum absolute atomic E-state index is 0.00909. The van der Waals surface area contributed by atoms with E-state index in [0.29, 0.717) is 19.0 Å². The number of pyridine rings is 1. The van der Waals surface area contributed by atoms with Crippen molar-refractivity contribution in [2.45, 2.75) is 99.4 Å². The second kappa shape index (κ2) is 28.7. The molecule has 27 heteroatoms. The molecule has 9 rings (SSSR count). The van der Waals surface area contributed by atoms with Gasteiger partial charge in [0.2, 0.25) is 5.43 Å². The minimum Gasteiger partial charge on any atom is -0.479 e. The molecule has 0 spiro atoms. The highest BCUT2D eigenvalue weighted by Gasteiger charge is 2.50. The molecule has 3 aromatic rings. The quantitative estimate of drug-likeness (QED) is 0.0263. The molecule has 0 saturated carbocycles. The van der Waals surface area contributed by atoms with Gasteiger partial charge in [-0.25, -0.2) is 15.2 Å². The van der Waals surface area contributed by atoms with E-state index in [2.05, 4.69) is 82.3 Å². The van der Waals surface area contributed by atoms with Crippen molar-refractivity contribution < 1.29 is 70.2 Å².